The number of hydrogen-bond donors (Lipinski definition) is 1. The quantitative estimate of drug-likeness (QED) is 0.719. The zero-order valence-electron chi connectivity index (χ0n) is 12.0. The lowest BCUT2D eigenvalue weighted by Gasteiger charge is -2.20. The normalized spacial score (nSPS) is 12.5. The fourth-order valence-corrected chi connectivity index (χ4v) is 3.06. The molecular formula is C15H16Cl3N3. The predicted molar refractivity (Wildman–Crippen MR) is 89.6 cm³/mol. The second kappa shape index (κ2) is 6.82. The summed E-state index contributed by atoms with van der Waals surface area (Å²) in [5.41, 5.74) is 1.85. The molecule has 1 aromatic carbocycles. The van der Waals surface area contributed by atoms with Crippen LogP contribution in [-0.4, -0.2) is 9.97 Å². The van der Waals surface area contributed by atoms with Crippen molar-refractivity contribution in [3.8, 4) is 0 Å². The Labute approximate surface area is 139 Å². The molecule has 1 N–H and O–H groups in total. The van der Waals surface area contributed by atoms with Gasteiger partial charge in [-0.25, -0.2) is 9.97 Å². The number of rotatable bonds is 4. The average molecular weight is 345 g/mol. The maximum atomic E-state index is 6.24. The molecule has 1 heterocycles. The Balaban J connectivity index is 2.31. The van der Waals surface area contributed by atoms with Gasteiger partial charge in [-0.1, -0.05) is 54.7 Å². The van der Waals surface area contributed by atoms with E-state index in [4.69, 9.17) is 34.8 Å². The van der Waals surface area contributed by atoms with Gasteiger partial charge in [-0.15, -0.1) is 0 Å². The number of halogens is 3. The van der Waals surface area contributed by atoms with E-state index in [1.165, 1.54) is 6.33 Å². The number of nitrogens with one attached hydrogen (secondary N) is 1. The number of aromatic nitrogens is 2. The van der Waals surface area contributed by atoms with Crippen molar-refractivity contribution < 1.29 is 0 Å². The zero-order chi connectivity index (χ0) is 15.6. The van der Waals surface area contributed by atoms with Crippen LogP contribution >= 0.6 is 34.8 Å². The first-order valence-electron chi connectivity index (χ1n) is 6.62. The Hall–Kier alpha value is -1.03. The van der Waals surface area contributed by atoms with Gasteiger partial charge in [0.25, 0.3) is 0 Å². The topological polar surface area (TPSA) is 37.8 Å². The van der Waals surface area contributed by atoms with Crippen molar-refractivity contribution in [2.75, 3.05) is 5.32 Å². The molecule has 0 radical (unpaired) electrons. The molecule has 6 heteroatoms. The molecule has 0 amide bonds. The van der Waals surface area contributed by atoms with E-state index in [1.54, 1.807) is 6.07 Å². The van der Waals surface area contributed by atoms with E-state index in [2.05, 4.69) is 29.1 Å². The Kier molecular flexibility index (Phi) is 5.31. The van der Waals surface area contributed by atoms with Crippen LogP contribution < -0.4 is 5.32 Å². The van der Waals surface area contributed by atoms with Gasteiger partial charge in [0.1, 0.15) is 17.3 Å². The Morgan fingerprint density at radius 2 is 1.76 bits per heavy atom. The summed E-state index contributed by atoms with van der Waals surface area (Å²) in [5, 5.41) is 5.05. The molecule has 0 bridgehead atoms. The van der Waals surface area contributed by atoms with Gasteiger partial charge < -0.3 is 5.32 Å². The van der Waals surface area contributed by atoms with E-state index in [-0.39, 0.29) is 12.0 Å². The van der Waals surface area contributed by atoms with Crippen molar-refractivity contribution >= 4 is 40.6 Å². The average Bonchev–Trinajstić information content (AvgIpc) is 2.37. The second-order valence-electron chi connectivity index (χ2n) is 5.11. The minimum atomic E-state index is -0.0294. The molecule has 0 saturated carbocycles. The van der Waals surface area contributed by atoms with Crippen LogP contribution in [0.4, 0.5) is 5.82 Å². The Bertz CT molecular complexity index is 644. The monoisotopic (exact) mass is 343 g/mol. The molecule has 0 spiro atoms. The molecule has 0 saturated heterocycles. The molecule has 0 aliphatic rings. The number of benzene rings is 1. The summed E-state index contributed by atoms with van der Waals surface area (Å²) >= 11 is 18.3. The molecule has 2 aromatic rings. The van der Waals surface area contributed by atoms with Crippen LogP contribution in [0.25, 0.3) is 0 Å². The summed E-state index contributed by atoms with van der Waals surface area (Å²) in [6, 6.07) is 5.42. The lowest BCUT2D eigenvalue weighted by atomic mass is 10.0. The van der Waals surface area contributed by atoms with Gasteiger partial charge >= 0.3 is 0 Å². The third-order valence-electron chi connectivity index (χ3n) is 3.19. The summed E-state index contributed by atoms with van der Waals surface area (Å²) in [7, 11) is 0. The number of anilines is 1. The standard InChI is InChI=1S/C15H16Cl3N3/c1-8(2)13-14(18)19-7-20-15(13)21-9(3)11-5-4-10(16)6-12(11)17/h4-9H,1-3H3,(H,19,20,21). The fourth-order valence-electron chi connectivity index (χ4n) is 2.14. The molecule has 3 nitrogen and oxygen atoms in total. The van der Waals surface area contributed by atoms with Crippen molar-refractivity contribution in [1.29, 1.82) is 0 Å². The van der Waals surface area contributed by atoms with Gasteiger partial charge in [-0.2, -0.15) is 0 Å². The van der Waals surface area contributed by atoms with Crippen LogP contribution in [0.3, 0.4) is 0 Å². The maximum Gasteiger partial charge on any atom is 0.138 e. The summed E-state index contributed by atoms with van der Waals surface area (Å²) in [5.74, 6) is 0.942. The molecule has 0 fully saturated rings. The van der Waals surface area contributed by atoms with Crippen LogP contribution in [0.5, 0.6) is 0 Å². The molecule has 1 unspecified atom stereocenters. The molecule has 0 aliphatic heterocycles. The van der Waals surface area contributed by atoms with Gasteiger partial charge in [-0.3, -0.25) is 0 Å². The smallest absolute Gasteiger partial charge is 0.138 e. The highest BCUT2D eigenvalue weighted by Crippen LogP contribution is 2.32. The highest BCUT2D eigenvalue weighted by Gasteiger charge is 2.17. The first-order valence-corrected chi connectivity index (χ1v) is 7.75. The Morgan fingerprint density at radius 1 is 1.05 bits per heavy atom. The zero-order valence-corrected chi connectivity index (χ0v) is 14.3. The van der Waals surface area contributed by atoms with Crippen LogP contribution in [0.1, 0.15) is 43.9 Å². The van der Waals surface area contributed by atoms with Crippen LogP contribution in [0.2, 0.25) is 15.2 Å². The Morgan fingerprint density at radius 3 is 2.38 bits per heavy atom. The summed E-state index contributed by atoms with van der Waals surface area (Å²) in [6.07, 6.45) is 1.45. The van der Waals surface area contributed by atoms with E-state index >= 15 is 0 Å². The molecule has 1 aromatic heterocycles. The first kappa shape index (κ1) is 16.3. The van der Waals surface area contributed by atoms with E-state index in [0.29, 0.717) is 15.2 Å². The van der Waals surface area contributed by atoms with E-state index in [1.807, 2.05) is 19.1 Å². The summed E-state index contributed by atoms with van der Waals surface area (Å²) < 4.78 is 0. The molecule has 112 valence electrons. The van der Waals surface area contributed by atoms with Crippen molar-refractivity contribution in [2.24, 2.45) is 0 Å². The molecule has 0 aliphatic carbocycles. The van der Waals surface area contributed by atoms with Crippen molar-refractivity contribution in [2.45, 2.75) is 32.7 Å². The fraction of sp³-hybridized carbons (Fsp3) is 0.333. The minimum Gasteiger partial charge on any atom is -0.363 e. The van der Waals surface area contributed by atoms with E-state index in [0.717, 1.165) is 16.9 Å². The lowest BCUT2D eigenvalue weighted by molar-refractivity contribution is 0.819. The molecule has 2 rings (SSSR count). The first-order chi connectivity index (χ1) is 9.90. The van der Waals surface area contributed by atoms with Crippen LogP contribution in [0.15, 0.2) is 24.5 Å². The summed E-state index contributed by atoms with van der Waals surface area (Å²) in [6.45, 7) is 6.11. The van der Waals surface area contributed by atoms with Crippen molar-refractivity contribution in [1.82, 2.24) is 9.97 Å². The third-order valence-corrected chi connectivity index (χ3v) is 4.06. The summed E-state index contributed by atoms with van der Waals surface area (Å²) in [4.78, 5) is 8.34. The minimum absolute atomic E-state index is 0.0294. The van der Waals surface area contributed by atoms with Gasteiger partial charge in [0.05, 0.1) is 6.04 Å². The molecule has 21 heavy (non-hydrogen) atoms. The van der Waals surface area contributed by atoms with Crippen LogP contribution in [-0.2, 0) is 0 Å². The van der Waals surface area contributed by atoms with Gasteiger partial charge in [-0.05, 0) is 30.5 Å². The number of nitrogens with zero attached hydrogens (tertiary/aromatic N) is 2. The van der Waals surface area contributed by atoms with Gasteiger partial charge in [0.2, 0.25) is 0 Å². The van der Waals surface area contributed by atoms with Gasteiger partial charge in [0.15, 0.2) is 0 Å². The van der Waals surface area contributed by atoms with Crippen molar-refractivity contribution in [3.05, 3.63) is 50.9 Å². The number of hydrogen-bond acceptors (Lipinski definition) is 3. The van der Waals surface area contributed by atoms with E-state index in [9.17, 15) is 0 Å². The third kappa shape index (κ3) is 3.79. The molecule has 1 atom stereocenters. The van der Waals surface area contributed by atoms with E-state index < -0.39 is 0 Å². The predicted octanol–water partition coefficient (Wildman–Crippen LogP) is 5.73. The van der Waals surface area contributed by atoms with Gasteiger partial charge in [0, 0.05) is 15.6 Å². The van der Waals surface area contributed by atoms with Crippen molar-refractivity contribution in [3.63, 3.8) is 0 Å². The van der Waals surface area contributed by atoms with Crippen LogP contribution in [0, 0.1) is 0 Å². The highest BCUT2D eigenvalue weighted by atomic mass is 35.5. The maximum absolute atomic E-state index is 6.24. The lowest BCUT2D eigenvalue weighted by Crippen LogP contribution is -2.12. The SMILES string of the molecule is CC(C)c1c(Cl)ncnc1NC(C)c1ccc(Cl)cc1Cl. The second-order valence-corrected chi connectivity index (χ2v) is 6.31. The highest BCUT2D eigenvalue weighted by molar-refractivity contribution is 6.35. The molecular weight excluding hydrogens is 329 g/mol. The largest absolute Gasteiger partial charge is 0.363 e.